The van der Waals surface area contributed by atoms with Crippen LogP contribution in [0, 0.1) is 29.6 Å². The van der Waals surface area contributed by atoms with E-state index in [1.165, 1.54) is 11.8 Å². The van der Waals surface area contributed by atoms with Gasteiger partial charge in [-0.15, -0.1) is 0 Å². The average molecular weight is 239 g/mol. The average Bonchev–Trinajstić information content (AvgIpc) is 2.35. The van der Waals surface area contributed by atoms with Gasteiger partial charge in [0, 0.05) is 5.39 Å². The first-order valence-electron chi connectivity index (χ1n) is 5.06. The molecule has 0 saturated carbocycles. The van der Waals surface area contributed by atoms with Gasteiger partial charge in [0.05, 0.1) is 22.9 Å². The van der Waals surface area contributed by atoms with Crippen molar-refractivity contribution < 1.29 is 0 Å². The molecule has 0 fully saturated rings. The molecule has 0 bridgehead atoms. The van der Waals surface area contributed by atoms with Gasteiger partial charge >= 0.3 is 0 Å². The zero-order valence-electron chi connectivity index (χ0n) is 9.27. The lowest BCUT2D eigenvalue weighted by atomic mass is 10.1. The van der Waals surface area contributed by atoms with E-state index >= 15 is 0 Å². The van der Waals surface area contributed by atoms with E-state index in [0.717, 1.165) is 16.5 Å². The number of hydrogen-bond donors (Lipinski definition) is 0. The number of rotatable bonds is 2. The first-order valence-corrected chi connectivity index (χ1v) is 6.04. The lowest BCUT2D eigenvalue weighted by Crippen LogP contribution is -1.90. The van der Waals surface area contributed by atoms with E-state index in [4.69, 9.17) is 10.5 Å². The molecule has 4 heteroatoms. The highest BCUT2D eigenvalue weighted by Gasteiger charge is 2.07. The van der Waals surface area contributed by atoms with Crippen LogP contribution in [-0.2, 0) is 0 Å². The minimum Gasteiger partial charge on any atom is -0.240 e. The van der Waals surface area contributed by atoms with Gasteiger partial charge in [0.15, 0.2) is 0 Å². The third-order valence-corrected chi connectivity index (χ3v) is 3.19. The molecule has 0 aliphatic heterocycles. The van der Waals surface area contributed by atoms with Crippen LogP contribution in [0.3, 0.4) is 0 Å². The van der Waals surface area contributed by atoms with Gasteiger partial charge in [-0.3, -0.25) is 0 Å². The van der Waals surface area contributed by atoms with Crippen LogP contribution in [0.25, 0.3) is 10.9 Å². The van der Waals surface area contributed by atoms with Crippen molar-refractivity contribution in [2.45, 2.75) is 11.9 Å². The second-order valence-electron chi connectivity index (χ2n) is 3.60. The van der Waals surface area contributed by atoms with Crippen molar-refractivity contribution in [2.75, 3.05) is 5.75 Å². The number of aryl methyl sites for hydroxylation is 1. The second-order valence-corrected chi connectivity index (χ2v) is 4.56. The summed E-state index contributed by atoms with van der Waals surface area (Å²) in [6.45, 7) is 2.00. The van der Waals surface area contributed by atoms with E-state index < -0.39 is 0 Å². The Labute approximate surface area is 104 Å². The summed E-state index contributed by atoms with van der Waals surface area (Å²) in [5, 5.41) is 19.2. The molecule has 0 amide bonds. The van der Waals surface area contributed by atoms with Crippen LogP contribution in [0.5, 0.6) is 0 Å². The van der Waals surface area contributed by atoms with E-state index in [2.05, 4.69) is 11.1 Å². The number of aromatic nitrogens is 1. The minimum absolute atomic E-state index is 0.305. The van der Waals surface area contributed by atoms with Crippen molar-refractivity contribution in [1.29, 1.82) is 10.5 Å². The molecule has 3 nitrogen and oxygen atoms in total. The molecule has 0 aliphatic carbocycles. The van der Waals surface area contributed by atoms with Crippen LogP contribution >= 0.6 is 11.8 Å². The third-order valence-electron chi connectivity index (χ3n) is 2.33. The van der Waals surface area contributed by atoms with Gasteiger partial charge in [-0.05, 0) is 24.6 Å². The van der Waals surface area contributed by atoms with E-state index in [1.807, 2.05) is 37.3 Å². The fourth-order valence-corrected chi connectivity index (χ4v) is 2.17. The Morgan fingerprint density at radius 1 is 1.29 bits per heavy atom. The molecule has 0 radical (unpaired) electrons. The molecule has 2 aromatic rings. The van der Waals surface area contributed by atoms with E-state index in [9.17, 15) is 0 Å². The van der Waals surface area contributed by atoms with Gasteiger partial charge in [0.1, 0.15) is 11.1 Å². The topological polar surface area (TPSA) is 60.5 Å². The number of nitriles is 2. The predicted molar refractivity (Wildman–Crippen MR) is 67.5 cm³/mol. The number of nitrogens with zero attached hydrogens (tertiary/aromatic N) is 3. The molecule has 1 heterocycles. The van der Waals surface area contributed by atoms with Crippen molar-refractivity contribution in [3.63, 3.8) is 0 Å². The molecular weight excluding hydrogens is 230 g/mol. The molecule has 17 heavy (non-hydrogen) atoms. The monoisotopic (exact) mass is 239 g/mol. The first kappa shape index (κ1) is 11.4. The van der Waals surface area contributed by atoms with Gasteiger partial charge in [-0.2, -0.15) is 10.5 Å². The fourth-order valence-electron chi connectivity index (χ4n) is 1.55. The van der Waals surface area contributed by atoms with E-state index in [-0.39, 0.29) is 0 Å². The number of pyridine rings is 1. The Hall–Kier alpha value is -2.04. The van der Waals surface area contributed by atoms with Gasteiger partial charge in [-0.25, -0.2) is 4.98 Å². The normalized spacial score (nSPS) is 9.82. The third kappa shape index (κ3) is 2.38. The summed E-state index contributed by atoms with van der Waals surface area (Å²) in [6.07, 6.45) is 0. The minimum atomic E-state index is 0.305. The lowest BCUT2D eigenvalue weighted by molar-refractivity contribution is 1.16. The van der Waals surface area contributed by atoms with E-state index in [1.54, 1.807) is 0 Å². The molecule has 0 spiro atoms. The smallest absolute Gasteiger partial charge is 0.116 e. The van der Waals surface area contributed by atoms with Crippen molar-refractivity contribution in [3.05, 3.63) is 35.4 Å². The zero-order valence-corrected chi connectivity index (χ0v) is 10.1. The highest BCUT2D eigenvalue weighted by Crippen LogP contribution is 2.24. The Balaban J connectivity index is 2.59. The molecule has 82 valence electrons. The molecule has 0 aliphatic rings. The van der Waals surface area contributed by atoms with Crippen molar-refractivity contribution >= 4 is 22.7 Å². The van der Waals surface area contributed by atoms with Crippen LogP contribution in [0.4, 0.5) is 0 Å². The molecule has 2 rings (SSSR count). The standard InChI is InChI=1S/C13H9N3S/c1-9-2-3-10-7-11(8-15)13(17-5-4-14)16-12(10)6-9/h2-3,6-7H,5H2,1H3. The SMILES string of the molecule is Cc1ccc2cc(C#N)c(SCC#N)nc2c1. The summed E-state index contributed by atoms with van der Waals surface area (Å²) >= 11 is 1.30. The number of thioether (sulfide) groups is 1. The summed E-state index contributed by atoms with van der Waals surface area (Å²) in [7, 11) is 0. The van der Waals surface area contributed by atoms with Gasteiger partial charge in [-0.1, -0.05) is 23.9 Å². The van der Waals surface area contributed by atoms with Crippen LogP contribution < -0.4 is 0 Å². The summed E-state index contributed by atoms with van der Waals surface area (Å²) in [5.74, 6) is 0.305. The van der Waals surface area contributed by atoms with Gasteiger partial charge in [0.25, 0.3) is 0 Å². The number of hydrogen-bond acceptors (Lipinski definition) is 4. The molecule has 0 atom stereocenters. The summed E-state index contributed by atoms with van der Waals surface area (Å²) in [6, 6.07) is 11.9. The van der Waals surface area contributed by atoms with Crippen molar-refractivity contribution in [3.8, 4) is 12.1 Å². The molecule has 0 saturated heterocycles. The van der Waals surface area contributed by atoms with Gasteiger partial charge < -0.3 is 0 Å². The second kappa shape index (κ2) is 4.86. The van der Waals surface area contributed by atoms with Crippen LogP contribution in [0.2, 0.25) is 0 Å². The molecular formula is C13H9N3S. The Kier molecular flexibility index (Phi) is 3.27. The van der Waals surface area contributed by atoms with Gasteiger partial charge in [0.2, 0.25) is 0 Å². The fraction of sp³-hybridized carbons (Fsp3) is 0.154. The summed E-state index contributed by atoms with van der Waals surface area (Å²) < 4.78 is 0. The lowest BCUT2D eigenvalue weighted by Gasteiger charge is -2.04. The van der Waals surface area contributed by atoms with E-state index in [0.29, 0.717) is 16.3 Å². The number of fused-ring (bicyclic) bond motifs is 1. The Bertz CT molecular complexity index is 650. The highest BCUT2D eigenvalue weighted by molar-refractivity contribution is 7.99. The Morgan fingerprint density at radius 2 is 2.12 bits per heavy atom. The summed E-state index contributed by atoms with van der Waals surface area (Å²) in [5.41, 5.74) is 2.52. The largest absolute Gasteiger partial charge is 0.240 e. The first-order chi connectivity index (χ1) is 8.24. The molecule has 1 aromatic heterocycles. The highest BCUT2D eigenvalue weighted by atomic mass is 32.2. The molecule has 0 N–H and O–H groups in total. The summed E-state index contributed by atoms with van der Waals surface area (Å²) in [4.78, 5) is 4.43. The van der Waals surface area contributed by atoms with Crippen molar-refractivity contribution in [1.82, 2.24) is 4.98 Å². The predicted octanol–water partition coefficient (Wildman–Crippen LogP) is 3.03. The number of benzene rings is 1. The quantitative estimate of drug-likeness (QED) is 0.756. The van der Waals surface area contributed by atoms with Crippen LogP contribution in [0.15, 0.2) is 29.3 Å². The van der Waals surface area contributed by atoms with Crippen LogP contribution in [-0.4, -0.2) is 10.7 Å². The maximum absolute atomic E-state index is 9.05. The Morgan fingerprint density at radius 3 is 2.82 bits per heavy atom. The van der Waals surface area contributed by atoms with Crippen molar-refractivity contribution in [2.24, 2.45) is 0 Å². The maximum atomic E-state index is 9.05. The molecule has 0 unspecified atom stereocenters. The molecule has 1 aromatic carbocycles. The van der Waals surface area contributed by atoms with Crippen LogP contribution in [0.1, 0.15) is 11.1 Å². The maximum Gasteiger partial charge on any atom is 0.116 e. The zero-order chi connectivity index (χ0) is 12.3.